The van der Waals surface area contributed by atoms with Crippen molar-refractivity contribution >= 4 is 10.0 Å². The highest BCUT2D eigenvalue weighted by Crippen LogP contribution is 2.05. The van der Waals surface area contributed by atoms with Crippen molar-refractivity contribution in [3.05, 3.63) is 0 Å². The Morgan fingerprint density at radius 3 is 2.53 bits per heavy atom. The van der Waals surface area contributed by atoms with Crippen molar-refractivity contribution in [2.75, 3.05) is 5.75 Å². The Labute approximate surface area is 92.7 Å². The van der Waals surface area contributed by atoms with E-state index in [1.54, 1.807) is 6.07 Å². The molecule has 0 aromatic rings. The molecule has 0 saturated carbocycles. The first-order chi connectivity index (χ1) is 7.02. The summed E-state index contributed by atoms with van der Waals surface area (Å²) in [6.45, 7) is 3.97. The first-order valence-corrected chi connectivity index (χ1v) is 7.04. The quantitative estimate of drug-likeness (QED) is 0.649. The molecule has 0 aliphatic heterocycles. The second-order valence-electron chi connectivity index (χ2n) is 3.79. The van der Waals surface area contributed by atoms with E-state index in [0.717, 1.165) is 19.3 Å². The number of unbranched alkanes of at least 4 members (excludes halogenated alkanes) is 3. The molecule has 1 unspecified atom stereocenters. The monoisotopic (exact) mass is 232 g/mol. The summed E-state index contributed by atoms with van der Waals surface area (Å²) < 4.78 is 24.9. The van der Waals surface area contributed by atoms with Crippen LogP contribution >= 0.6 is 0 Å². The molecule has 0 fully saturated rings. The van der Waals surface area contributed by atoms with Gasteiger partial charge in [0.2, 0.25) is 10.0 Å². The maximum atomic E-state index is 11.2. The van der Waals surface area contributed by atoms with Gasteiger partial charge < -0.3 is 0 Å². The van der Waals surface area contributed by atoms with E-state index in [9.17, 15) is 8.42 Å². The molecular formula is C10H20N2O2S. The van der Waals surface area contributed by atoms with Gasteiger partial charge in [0, 0.05) is 6.04 Å². The summed E-state index contributed by atoms with van der Waals surface area (Å²) in [6, 6.07) is 1.57. The van der Waals surface area contributed by atoms with Gasteiger partial charge in [-0.2, -0.15) is 5.26 Å². The standard InChI is InChI=1S/C10H20N2O2S/c1-3-4-5-6-7-10(2)12-15(13,14)9-8-11/h10,12H,3-7,9H2,1-2H3. The van der Waals surface area contributed by atoms with Crippen LogP contribution in [-0.2, 0) is 10.0 Å². The van der Waals surface area contributed by atoms with Crippen LogP contribution in [-0.4, -0.2) is 20.2 Å². The first kappa shape index (κ1) is 14.4. The molecule has 5 heteroatoms. The summed E-state index contributed by atoms with van der Waals surface area (Å²) in [7, 11) is -3.38. The van der Waals surface area contributed by atoms with Crippen molar-refractivity contribution in [2.24, 2.45) is 0 Å². The van der Waals surface area contributed by atoms with Gasteiger partial charge in [-0.1, -0.05) is 32.6 Å². The maximum Gasteiger partial charge on any atom is 0.225 e. The van der Waals surface area contributed by atoms with Gasteiger partial charge in [0.25, 0.3) is 0 Å². The average molecular weight is 232 g/mol. The van der Waals surface area contributed by atoms with Gasteiger partial charge in [0.1, 0.15) is 0 Å². The van der Waals surface area contributed by atoms with Crippen LogP contribution in [0.2, 0.25) is 0 Å². The highest BCUT2D eigenvalue weighted by atomic mass is 32.2. The molecule has 0 rings (SSSR count). The Morgan fingerprint density at radius 2 is 2.00 bits per heavy atom. The van der Waals surface area contributed by atoms with E-state index in [1.165, 1.54) is 12.8 Å². The van der Waals surface area contributed by atoms with E-state index in [4.69, 9.17) is 5.26 Å². The fourth-order valence-electron chi connectivity index (χ4n) is 1.37. The van der Waals surface area contributed by atoms with Crippen molar-refractivity contribution in [1.29, 1.82) is 5.26 Å². The predicted octanol–water partition coefficient (Wildman–Crippen LogP) is 1.79. The van der Waals surface area contributed by atoms with Crippen molar-refractivity contribution in [1.82, 2.24) is 4.72 Å². The molecule has 88 valence electrons. The van der Waals surface area contributed by atoms with Crippen LogP contribution < -0.4 is 4.72 Å². The number of rotatable bonds is 8. The molecule has 0 bridgehead atoms. The lowest BCUT2D eigenvalue weighted by Crippen LogP contribution is -2.33. The Kier molecular flexibility index (Phi) is 7.35. The van der Waals surface area contributed by atoms with E-state index >= 15 is 0 Å². The first-order valence-electron chi connectivity index (χ1n) is 5.38. The molecule has 1 N–H and O–H groups in total. The molecule has 0 aliphatic carbocycles. The summed E-state index contributed by atoms with van der Waals surface area (Å²) in [5.74, 6) is -0.452. The van der Waals surface area contributed by atoms with E-state index in [-0.39, 0.29) is 6.04 Å². The minimum absolute atomic E-state index is 0.0693. The smallest absolute Gasteiger partial charge is 0.212 e. The van der Waals surface area contributed by atoms with Crippen LogP contribution in [0.15, 0.2) is 0 Å². The minimum Gasteiger partial charge on any atom is -0.212 e. The fraction of sp³-hybridized carbons (Fsp3) is 0.900. The van der Waals surface area contributed by atoms with Gasteiger partial charge >= 0.3 is 0 Å². The van der Waals surface area contributed by atoms with Crippen LogP contribution in [0, 0.1) is 11.3 Å². The second-order valence-corrected chi connectivity index (χ2v) is 5.54. The maximum absolute atomic E-state index is 11.2. The fourth-order valence-corrected chi connectivity index (χ4v) is 2.35. The molecule has 0 aromatic heterocycles. The van der Waals surface area contributed by atoms with E-state index < -0.39 is 15.8 Å². The van der Waals surface area contributed by atoms with Crippen molar-refractivity contribution in [3.63, 3.8) is 0 Å². The van der Waals surface area contributed by atoms with Crippen LogP contribution in [0.4, 0.5) is 0 Å². The molecule has 0 radical (unpaired) electrons. The van der Waals surface area contributed by atoms with Crippen LogP contribution in [0.1, 0.15) is 46.0 Å². The summed E-state index contributed by atoms with van der Waals surface area (Å²) in [5.41, 5.74) is 0. The van der Waals surface area contributed by atoms with E-state index in [1.807, 2.05) is 6.92 Å². The molecule has 0 aliphatic rings. The number of sulfonamides is 1. The van der Waals surface area contributed by atoms with Crippen molar-refractivity contribution < 1.29 is 8.42 Å². The number of nitrogens with one attached hydrogen (secondary N) is 1. The largest absolute Gasteiger partial charge is 0.225 e. The van der Waals surface area contributed by atoms with Crippen LogP contribution in [0.5, 0.6) is 0 Å². The normalized spacial score (nSPS) is 13.4. The summed E-state index contributed by atoms with van der Waals surface area (Å²) in [4.78, 5) is 0. The van der Waals surface area contributed by atoms with Crippen LogP contribution in [0.3, 0.4) is 0 Å². The molecular weight excluding hydrogens is 212 g/mol. The molecule has 0 heterocycles. The zero-order valence-electron chi connectivity index (χ0n) is 9.49. The number of hydrogen-bond donors (Lipinski definition) is 1. The number of nitrogens with zero attached hydrogens (tertiary/aromatic N) is 1. The average Bonchev–Trinajstić information content (AvgIpc) is 2.11. The highest BCUT2D eigenvalue weighted by molar-refractivity contribution is 7.89. The SMILES string of the molecule is CCCCCCC(C)NS(=O)(=O)CC#N. The van der Waals surface area contributed by atoms with Gasteiger partial charge in [0.15, 0.2) is 5.75 Å². The third kappa shape index (κ3) is 8.40. The molecule has 15 heavy (non-hydrogen) atoms. The summed E-state index contributed by atoms with van der Waals surface area (Å²) in [5, 5.41) is 8.29. The van der Waals surface area contributed by atoms with Gasteiger partial charge in [-0.15, -0.1) is 0 Å². The molecule has 0 spiro atoms. The zero-order chi connectivity index (χ0) is 11.7. The lowest BCUT2D eigenvalue weighted by Gasteiger charge is -2.12. The Bertz CT molecular complexity index is 293. The van der Waals surface area contributed by atoms with Crippen molar-refractivity contribution in [2.45, 2.75) is 52.0 Å². The predicted molar refractivity (Wildman–Crippen MR) is 60.8 cm³/mol. The van der Waals surface area contributed by atoms with Gasteiger partial charge in [0.05, 0.1) is 6.07 Å². The molecule has 1 atom stereocenters. The number of hydrogen-bond acceptors (Lipinski definition) is 3. The topological polar surface area (TPSA) is 70.0 Å². The third-order valence-corrected chi connectivity index (χ3v) is 3.40. The Balaban J connectivity index is 3.74. The molecule has 0 aromatic carbocycles. The minimum atomic E-state index is -3.38. The van der Waals surface area contributed by atoms with Crippen LogP contribution in [0.25, 0.3) is 0 Å². The molecule has 0 saturated heterocycles. The zero-order valence-corrected chi connectivity index (χ0v) is 10.3. The summed E-state index contributed by atoms with van der Waals surface area (Å²) in [6.07, 6.45) is 5.38. The Morgan fingerprint density at radius 1 is 1.33 bits per heavy atom. The Hall–Kier alpha value is -0.600. The number of nitriles is 1. The molecule has 4 nitrogen and oxygen atoms in total. The van der Waals surface area contributed by atoms with Gasteiger partial charge in [-0.25, -0.2) is 13.1 Å². The van der Waals surface area contributed by atoms with Crippen molar-refractivity contribution in [3.8, 4) is 6.07 Å². The lowest BCUT2D eigenvalue weighted by molar-refractivity contribution is 0.523. The highest BCUT2D eigenvalue weighted by Gasteiger charge is 2.13. The lowest BCUT2D eigenvalue weighted by atomic mass is 10.1. The third-order valence-electron chi connectivity index (χ3n) is 2.13. The summed E-state index contributed by atoms with van der Waals surface area (Å²) >= 11 is 0. The van der Waals surface area contributed by atoms with E-state index in [0.29, 0.717) is 0 Å². The van der Waals surface area contributed by atoms with Gasteiger partial charge in [-0.05, 0) is 13.3 Å². The van der Waals surface area contributed by atoms with E-state index in [2.05, 4.69) is 11.6 Å². The van der Waals surface area contributed by atoms with Gasteiger partial charge in [-0.3, -0.25) is 0 Å². The molecule has 0 amide bonds. The second kappa shape index (κ2) is 7.66.